The zero-order valence-electron chi connectivity index (χ0n) is 9.80. The molecular formula is C10H12BrClN2O4S. The Kier molecular flexibility index (Phi) is 6.02. The average Bonchev–Trinajstić information content (AvgIpc) is 2.31. The molecule has 1 N–H and O–H groups in total. The van der Waals surface area contributed by atoms with E-state index in [1.807, 2.05) is 0 Å². The van der Waals surface area contributed by atoms with Crippen LogP contribution in [-0.4, -0.2) is 25.0 Å². The van der Waals surface area contributed by atoms with E-state index in [-0.39, 0.29) is 17.1 Å². The summed E-state index contributed by atoms with van der Waals surface area (Å²) in [7, 11) is -3.60. The van der Waals surface area contributed by atoms with Crippen molar-refractivity contribution in [1.29, 1.82) is 0 Å². The number of nitro groups is 1. The molecule has 9 heteroatoms. The maximum absolute atomic E-state index is 11.7. The van der Waals surface area contributed by atoms with Crippen LogP contribution in [0.4, 0.5) is 11.4 Å². The molecule has 0 spiro atoms. The van der Waals surface area contributed by atoms with Gasteiger partial charge in [0, 0.05) is 16.4 Å². The highest BCUT2D eigenvalue weighted by molar-refractivity contribution is 9.10. The Bertz CT molecular complexity index is 565. The lowest BCUT2D eigenvalue weighted by Gasteiger charge is -2.08. The molecule has 1 rings (SSSR count). The predicted molar refractivity (Wildman–Crippen MR) is 78.2 cm³/mol. The molecule has 0 fully saturated rings. The summed E-state index contributed by atoms with van der Waals surface area (Å²) in [6, 6.07) is 4.13. The first kappa shape index (κ1) is 16.2. The van der Waals surface area contributed by atoms with Gasteiger partial charge in [0.05, 0.1) is 10.7 Å². The number of hydrogen-bond donors (Lipinski definition) is 1. The molecule has 19 heavy (non-hydrogen) atoms. The van der Waals surface area contributed by atoms with E-state index in [0.717, 1.165) is 0 Å². The lowest BCUT2D eigenvalue weighted by atomic mass is 10.3. The molecule has 0 amide bonds. The van der Waals surface area contributed by atoms with Crippen LogP contribution in [0.2, 0.25) is 0 Å². The van der Waals surface area contributed by atoms with E-state index in [2.05, 4.69) is 20.7 Å². The molecule has 0 bridgehead atoms. The highest BCUT2D eigenvalue weighted by Gasteiger charge is 2.19. The maximum Gasteiger partial charge on any atom is 0.294 e. The van der Waals surface area contributed by atoms with Gasteiger partial charge in [-0.25, -0.2) is 8.42 Å². The van der Waals surface area contributed by atoms with E-state index in [1.54, 1.807) is 0 Å². The number of hydrogen-bond acceptors (Lipinski definition) is 4. The summed E-state index contributed by atoms with van der Waals surface area (Å²) in [6.07, 6.45) is 0.980. The lowest BCUT2D eigenvalue weighted by molar-refractivity contribution is -0.384. The first-order valence-electron chi connectivity index (χ1n) is 5.36. The minimum absolute atomic E-state index is 0.0425. The van der Waals surface area contributed by atoms with Crippen LogP contribution in [0.3, 0.4) is 0 Å². The SMILES string of the molecule is O=[N+]([O-])c1cc(Br)ccc1NS(=O)(=O)CCCCCl. The minimum Gasteiger partial charge on any atom is -0.277 e. The first-order valence-corrected chi connectivity index (χ1v) is 8.34. The molecule has 0 aliphatic rings. The molecule has 0 saturated heterocycles. The number of anilines is 1. The average molecular weight is 372 g/mol. The largest absolute Gasteiger partial charge is 0.294 e. The molecule has 0 unspecified atom stereocenters. The van der Waals surface area contributed by atoms with Gasteiger partial charge < -0.3 is 0 Å². The summed E-state index contributed by atoms with van der Waals surface area (Å²) >= 11 is 8.56. The standard InChI is InChI=1S/C10H12BrClN2O4S/c11-8-3-4-9(10(7-8)14(15)16)13-19(17,18)6-2-1-5-12/h3-4,7,13H,1-2,5-6H2. The van der Waals surface area contributed by atoms with E-state index < -0.39 is 14.9 Å². The van der Waals surface area contributed by atoms with Gasteiger partial charge in [0.15, 0.2) is 0 Å². The molecule has 0 aliphatic heterocycles. The van der Waals surface area contributed by atoms with Crippen LogP contribution < -0.4 is 4.72 Å². The normalized spacial score (nSPS) is 11.3. The number of benzene rings is 1. The van der Waals surface area contributed by atoms with Crippen molar-refractivity contribution in [2.75, 3.05) is 16.4 Å². The van der Waals surface area contributed by atoms with Crippen molar-refractivity contribution in [3.8, 4) is 0 Å². The molecule has 0 aromatic heterocycles. The smallest absolute Gasteiger partial charge is 0.277 e. The van der Waals surface area contributed by atoms with Gasteiger partial charge in [-0.1, -0.05) is 15.9 Å². The van der Waals surface area contributed by atoms with Crippen LogP contribution >= 0.6 is 27.5 Å². The third-order valence-electron chi connectivity index (χ3n) is 2.22. The summed E-state index contributed by atoms with van der Waals surface area (Å²) in [4.78, 5) is 10.2. The Morgan fingerprint density at radius 3 is 2.63 bits per heavy atom. The third kappa shape index (κ3) is 5.33. The van der Waals surface area contributed by atoms with Crippen molar-refractivity contribution < 1.29 is 13.3 Å². The first-order chi connectivity index (χ1) is 8.85. The lowest BCUT2D eigenvalue weighted by Crippen LogP contribution is -2.17. The fourth-order valence-corrected chi connectivity index (χ4v) is 3.08. The Hall–Kier alpha value is -0.860. The quantitative estimate of drug-likeness (QED) is 0.345. The molecular weight excluding hydrogens is 360 g/mol. The van der Waals surface area contributed by atoms with Crippen molar-refractivity contribution >= 4 is 48.9 Å². The number of nitro benzene ring substituents is 1. The van der Waals surface area contributed by atoms with Crippen molar-refractivity contribution in [3.05, 3.63) is 32.8 Å². The molecule has 0 heterocycles. The van der Waals surface area contributed by atoms with Gasteiger partial charge in [-0.3, -0.25) is 14.8 Å². The van der Waals surface area contributed by atoms with Crippen LogP contribution in [0.25, 0.3) is 0 Å². The second-order valence-corrected chi connectivity index (χ2v) is 6.87. The monoisotopic (exact) mass is 370 g/mol. The van der Waals surface area contributed by atoms with Gasteiger partial charge in [0.2, 0.25) is 10.0 Å². The second kappa shape index (κ2) is 7.06. The zero-order chi connectivity index (χ0) is 14.5. The fraction of sp³-hybridized carbons (Fsp3) is 0.400. The summed E-state index contributed by atoms with van der Waals surface area (Å²) in [5.41, 5.74) is -0.339. The Labute approximate surface area is 124 Å². The summed E-state index contributed by atoms with van der Waals surface area (Å²) in [5, 5.41) is 10.9. The van der Waals surface area contributed by atoms with Crippen molar-refractivity contribution in [1.82, 2.24) is 0 Å². The van der Waals surface area contributed by atoms with E-state index >= 15 is 0 Å². The van der Waals surface area contributed by atoms with E-state index in [4.69, 9.17) is 11.6 Å². The van der Waals surface area contributed by atoms with Gasteiger partial charge in [0.1, 0.15) is 5.69 Å². The van der Waals surface area contributed by atoms with Gasteiger partial charge in [-0.2, -0.15) is 0 Å². The summed E-state index contributed by atoms with van der Waals surface area (Å²) in [5.74, 6) is 0.265. The Morgan fingerprint density at radius 1 is 1.37 bits per heavy atom. The topological polar surface area (TPSA) is 89.3 Å². The Balaban J connectivity index is 2.90. The molecule has 6 nitrogen and oxygen atoms in total. The van der Waals surface area contributed by atoms with Gasteiger partial charge in [-0.15, -0.1) is 11.6 Å². The van der Waals surface area contributed by atoms with Gasteiger partial charge in [0.25, 0.3) is 5.69 Å². The zero-order valence-corrected chi connectivity index (χ0v) is 13.0. The second-order valence-electron chi connectivity index (χ2n) is 3.74. The molecule has 0 aliphatic carbocycles. The number of unbranched alkanes of at least 4 members (excludes halogenated alkanes) is 1. The van der Waals surface area contributed by atoms with Crippen LogP contribution in [0, 0.1) is 10.1 Å². The molecule has 0 atom stereocenters. The predicted octanol–water partition coefficient (Wildman–Crippen LogP) is 3.12. The number of alkyl halides is 1. The maximum atomic E-state index is 11.7. The molecule has 1 aromatic rings. The van der Waals surface area contributed by atoms with E-state index in [0.29, 0.717) is 23.2 Å². The van der Waals surface area contributed by atoms with Crippen LogP contribution in [0.5, 0.6) is 0 Å². The van der Waals surface area contributed by atoms with Crippen LogP contribution in [0.15, 0.2) is 22.7 Å². The van der Waals surface area contributed by atoms with Crippen molar-refractivity contribution in [3.63, 3.8) is 0 Å². The number of halogens is 2. The van der Waals surface area contributed by atoms with Gasteiger partial charge in [-0.05, 0) is 25.0 Å². The van der Waals surface area contributed by atoms with Gasteiger partial charge >= 0.3 is 0 Å². The molecule has 106 valence electrons. The Morgan fingerprint density at radius 2 is 2.05 bits per heavy atom. The minimum atomic E-state index is -3.60. The summed E-state index contributed by atoms with van der Waals surface area (Å²) in [6.45, 7) is 0. The number of nitrogens with one attached hydrogen (secondary N) is 1. The van der Waals surface area contributed by atoms with Crippen molar-refractivity contribution in [2.45, 2.75) is 12.8 Å². The van der Waals surface area contributed by atoms with Crippen LogP contribution in [-0.2, 0) is 10.0 Å². The van der Waals surface area contributed by atoms with E-state index in [1.165, 1.54) is 18.2 Å². The fourth-order valence-electron chi connectivity index (χ4n) is 1.35. The highest BCUT2D eigenvalue weighted by atomic mass is 79.9. The number of nitrogens with zero attached hydrogens (tertiary/aromatic N) is 1. The molecule has 0 saturated carbocycles. The van der Waals surface area contributed by atoms with Crippen molar-refractivity contribution in [2.24, 2.45) is 0 Å². The van der Waals surface area contributed by atoms with E-state index in [9.17, 15) is 18.5 Å². The molecule has 1 aromatic carbocycles. The number of rotatable bonds is 7. The highest BCUT2D eigenvalue weighted by Crippen LogP contribution is 2.28. The third-order valence-corrected chi connectivity index (χ3v) is 4.34. The summed E-state index contributed by atoms with van der Waals surface area (Å²) < 4.78 is 26.2. The number of sulfonamides is 1. The molecule has 0 radical (unpaired) electrons. The van der Waals surface area contributed by atoms with Crippen LogP contribution in [0.1, 0.15) is 12.8 Å².